The van der Waals surface area contributed by atoms with Gasteiger partial charge in [-0.1, -0.05) is 36.4 Å². The van der Waals surface area contributed by atoms with E-state index in [4.69, 9.17) is 0 Å². The first-order chi connectivity index (χ1) is 11.2. The van der Waals surface area contributed by atoms with Gasteiger partial charge in [-0.05, 0) is 45.8 Å². The summed E-state index contributed by atoms with van der Waals surface area (Å²) in [4.78, 5) is 15.4. The van der Waals surface area contributed by atoms with Gasteiger partial charge in [0.25, 0.3) is 0 Å². The SMILES string of the molecule is O=C(O)C(c1ccc2ccccc2c1)N1CCc2sccc2C1. The van der Waals surface area contributed by atoms with Crippen molar-refractivity contribution in [2.75, 3.05) is 6.54 Å². The van der Waals surface area contributed by atoms with E-state index in [1.807, 2.05) is 42.5 Å². The van der Waals surface area contributed by atoms with Crippen molar-refractivity contribution >= 4 is 28.1 Å². The monoisotopic (exact) mass is 323 g/mol. The minimum atomic E-state index is -0.779. The molecule has 0 radical (unpaired) electrons. The van der Waals surface area contributed by atoms with Crippen molar-refractivity contribution in [2.24, 2.45) is 0 Å². The molecule has 1 aromatic heterocycles. The molecule has 1 aliphatic heterocycles. The predicted octanol–water partition coefficient (Wildman–Crippen LogP) is 4.09. The van der Waals surface area contributed by atoms with Crippen LogP contribution in [-0.4, -0.2) is 22.5 Å². The molecular formula is C19H17NO2S. The summed E-state index contributed by atoms with van der Waals surface area (Å²) in [7, 11) is 0. The molecule has 0 aliphatic carbocycles. The van der Waals surface area contributed by atoms with Gasteiger partial charge in [0.2, 0.25) is 0 Å². The summed E-state index contributed by atoms with van der Waals surface area (Å²) in [6, 6.07) is 15.6. The third-order valence-corrected chi connectivity index (χ3v) is 5.55. The quantitative estimate of drug-likeness (QED) is 0.789. The van der Waals surface area contributed by atoms with Gasteiger partial charge in [0.15, 0.2) is 0 Å². The van der Waals surface area contributed by atoms with Crippen molar-refractivity contribution in [3.63, 3.8) is 0 Å². The van der Waals surface area contributed by atoms with Crippen molar-refractivity contribution in [1.82, 2.24) is 4.90 Å². The summed E-state index contributed by atoms with van der Waals surface area (Å²) in [5.41, 5.74) is 2.13. The van der Waals surface area contributed by atoms with Crippen LogP contribution in [0.1, 0.15) is 22.0 Å². The fourth-order valence-electron chi connectivity index (χ4n) is 3.38. The number of hydrogen-bond acceptors (Lipinski definition) is 3. The van der Waals surface area contributed by atoms with E-state index in [0.29, 0.717) is 6.54 Å². The average Bonchev–Trinajstić information content (AvgIpc) is 3.02. The summed E-state index contributed by atoms with van der Waals surface area (Å²) in [5, 5.41) is 14.1. The smallest absolute Gasteiger partial charge is 0.325 e. The maximum Gasteiger partial charge on any atom is 0.325 e. The normalized spacial score (nSPS) is 16.2. The zero-order valence-electron chi connectivity index (χ0n) is 12.6. The van der Waals surface area contributed by atoms with Gasteiger partial charge in [-0.2, -0.15) is 0 Å². The van der Waals surface area contributed by atoms with Crippen molar-refractivity contribution in [1.29, 1.82) is 0 Å². The number of rotatable bonds is 3. The van der Waals surface area contributed by atoms with E-state index in [9.17, 15) is 9.90 Å². The molecule has 2 aromatic carbocycles. The second kappa shape index (κ2) is 5.80. The van der Waals surface area contributed by atoms with Crippen LogP contribution in [0.3, 0.4) is 0 Å². The highest BCUT2D eigenvalue weighted by atomic mass is 32.1. The molecule has 4 heteroatoms. The second-order valence-corrected chi connectivity index (χ2v) is 6.94. The highest BCUT2D eigenvalue weighted by Crippen LogP contribution is 2.31. The van der Waals surface area contributed by atoms with Crippen molar-refractivity contribution < 1.29 is 9.90 Å². The number of hydrogen-bond donors (Lipinski definition) is 1. The molecule has 0 bridgehead atoms. The molecule has 1 atom stereocenters. The van der Waals surface area contributed by atoms with Crippen LogP contribution in [0.5, 0.6) is 0 Å². The molecule has 0 fully saturated rings. The standard InChI is InChI=1S/C19H17NO2S/c21-19(22)18(20-9-7-17-16(12-20)8-10-23-17)15-6-5-13-3-1-2-4-14(13)11-15/h1-6,8,10-11,18H,7,9,12H2,(H,21,22). The number of carboxylic acids is 1. The van der Waals surface area contributed by atoms with E-state index < -0.39 is 12.0 Å². The number of fused-ring (bicyclic) bond motifs is 2. The number of carboxylic acid groups (broad SMARTS) is 1. The van der Waals surface area contributed by atoms with E-state index in [1.54, 1.807) is 11.3 Å². The van der Waals surface area contributed by atoms with Gasteiger partial charge in [-0.25, -0.2) is 0 Å². The Morgan fingerprint density at radius 1 is 1.13 bits per heavy atom. The Kier molecular flexibility index (Phi) is 3.63. The molecule has 23 heavy (non-hydrogen) atoms. The molecule has 3 aromatic rings. The number of carbonyl (C=O) groups is 1. The van der Waals surface area contributed by atoms with E-state index in [-0.39, 0.29) is 0 Å². The van der Waals surface area contributed by atoms with E-state index in [1.165, 1.54) is 10.4 Å². The van der Waals surface area contributed by atoms with Gasteiger partial charge in [0.1, 0.15) is 6.04 Å². The molecule has 1 N–H and O–H groups in total. The summed E-state index contributed by atoms with van der Waals surface area (Å²) in [5.74, 6) is -0.779. The molecule has 2 heterocycles. The van der Waals surface area contributed by atoms with Crippen molar-refractivity contribution in [2.45, 2.75) is 19.0 Å². The Hall–Kier alpha value is -2.17. The zero-order valence-corrected chi connectivity index (χ0v) is 13.4. The molecule has 3 nitrogen and oxygen atoms in total. The second-order valence-electron chi connectivity index (χ2n) is 5.94. The summed E-state index contributed by atoms with van der Waals surface area (Å²) in [6.07, 6.45) is 0.935. The molecule has 116 valence electrons. The largest absolute Gasteiger partial charge is 0.480 e. The van der Waals surface area contributed by atoms with Gasteiger partial charge >= 0.3 is 5.97 Å². The first-order valence-electron chi connectivity index (χ1n) is 7.73. The fourth-order valence-corrected chi connectivity index (χ4v) is 4.27. The molecule has 0 saturated heterocycles. The van der Waals surface area contributed by atoms with Crippen molar-refractivity contribution in [3.05, 3.63) is 69.9 Å². The maximum atomic E-state index is 11.9. The topological polar surface area (TPSA) is 40.5 Å². The average molecular weight is 323 g/mol. The van der Waals surface area contributed by atoms with Crippen LogP contribution in [0.15, 0.2) is 53.9 Å². The van der Waals surface area contributed by atoms with Gasteiger partial charge in [-0.15, -0.1) is 11.3 Å². The molecule has 4 rings (SSSR count). The van der Waals surface area contributed by atoms with Gasteiger partial charge in [-0.3, -0.25) is 9.69 Å². The lowest BCUT2D eigenvalue weighted by Crippen LogP contribution is -2.37. The lowest BCUT2D eigenvalue weighted by atomic mass is 9.98. The predicted molar refractivity (Wildman–Crippen MR) is 92.8 cm³/mol. The van der Waals surface area contributed by atoms with Crippen LogP contribution in [0.25, 0.3) is 10.8 Å². The molecule has 1 aliphatic rings. The Morgan fingerprint density at radius 3 is 2.78 bits per heavy atom. The molecule has 0 amide bonds. The Labute approximate surface area is 138 Å². The number of thiophene rings is 1. The van der Waals surface area contributed by atoms with E-state index in [2.05, 4.69) is 16.3 Å². The highest BCUT2D eigenvalue weighted by Gasteiger charge is 2.30. The summed E-state index contributed by atoms with van der Waals surface area (Å²) >= 11 is 1.77. The number of aliphatic carboxylic acids is 1. The lowest BCUT2D eigenvalue weighted by molar-refractivity contribution is -0.144. The molecule has 0 saturated carbocycles. The minimum Gasteiger partial charge on any atom is -0.480 e. The van der Waals surface area contributed by atoms with E-state index >= 15 is 0 Å². The fraction of sp³-hybridized carbons (Fsp3) is 0.211. The first-order valence-corrected chi connectivity index (χ1v) is 8.61. The third-order valence-electron chi connectivity index (χ3n) is 4.53. The van der Waals surface area contributed by atoms with Crippen LogP contribution in [-0.2, 0) is 17.8 Å². The van der Waals surface area contributed by atoms with Crippen LogP contribution < -0.4 is 0 Å². The Morgan fingerprint density at radius 2 is 1.96 bits per heavy atom. The van der Waals surface area contributed by atoms with Gasteiger partial charge in [0, 0.05) is 18.0 Å². The zero-order chi connectivity index (χ0) is 15.8. The summed E-state index contributed by atoms with van der Waals surface area (Å²) < 4.78 is 0. The minimum absolute atomic E-state index is 0.590. The van der Waals surface area contributed by atoms with Crippen LogP contribution in [0.4, 0.5) is 0 Å². The van der Waals surface area contributed by atoms with Crippen molar-refractivity contribution in [3.8, 4) is 0 Å². The maximum absolute atomic E-state index is 11.9. The molecule has 0 spiro atoms. The van der Waals surface area contributed by atoms with Gasteiger partial charge < -0.3 is 5.11 Å². The number of benzene rings is 2. The number of nitrogens with zero attached hydrogens (tertiary/aromatic N) is 1. The Bertz CT molecular complexity index is 870. The first kappa shape index (κ1) is 14.4. The van der Waals surface area contributed by atoms with Crippen LogP contribution >= 0.6 is 11.3 Å². The third kappa shape index (κ3) is 2.64. The molecule has 1 unspecified atom stereocenters. The van der Waals surface area contributed by atoms with Crippen LogP contribution in [0.2, 0.25) is 0 Å². The lowest BCUT2D eigenvalue weighted by Gasteiger charge is -2.32. The summed E-state index contributed by atoms with van der Waals surface area (Å²) in [6.45, 7) is 1.50. The Balaban J connectivity index is 1.71. The van der Waals surface area contributed by atoms with Gasteiger partial charge in [0.05, 0.1) is 0 Å². The highest BCUT2D eigenvalue weighted by molar-refractivity contribution is 7.10. The van der Waals surface area contributed by atoms with E-state index in [0.717, 1.165) is 29.3 Å². The van der Waals surface area contributed by atoms with Crippen LogP contribution in [0, 0.1) is 0 Å². The molecular weight excluding hydrogens is 306 g/mol.